The Balaban J connectivity index is 1.69. The smallest absolute Gasteiger partial charge is 0.339 e. The molecule has 8 heteroatoms. The lowest BCUT2D eigenvalue weighted by atomic mass is 10.1. The summed E-state index contributed by atoms with van der Waals surface area (Å²) < 4.78 is 59.8. The van der Waals surface area contributed by atoms with Gasteiger partial charge < -0.3 is 4.18 Å². The normalized spacial score (nSPS) is 12.1. The fourth-order valence-electron chi connectivity index (χ4n) is 3.49. The summed E-state index contributed by atoms with van der Waals surface area (Å²) in [5.74, 6) is 0.0593. The van der Waals surface area contributed by atoms with Crippen molar-refractivity contribution in [2.45, 2.75) is 30.2 Å². The minimum absolute atomic E-state index is 0.0220. The van der Waals surface area contributed by atoms with Crippen LogP contribution in [0.25, 0.3) is 10.8 Å². The van der Waals surface area contributed by atoms with Crippen molar-refractivity contribution in [1.82, 2.24) is 4.72 Å². The average Bonchev–Trinajstić information content (AvgIpc) is 2.78. The third-order valence-corrected chi connectivity index (χ3v) is 8.06. The Bertz CT molecular complexity index is 1530. The number of nitrogens with one attached hydrogen (secondary N) is 1. The zero-order valence-corrected chi connectivity index (χ0v) is 19.8. The van der Waals surface area contributed by atoms with Crippen molar-refractivity contribution < 1.29 is 21.0 Å². The number of fused-ring (bicyclic) bond motifs is 1. The van der Waals surface area contributed by atoms with Gasteiger partial charge in [-0.05, 0) is 49.2 Å². The molecule has 33 heavy (non-hydrogen) atoms. The van der Waals surface area contributed by atoms with Gasteiger partial charge in [-0.25, -0.2) is 13.1 Å². The Morgan fingerprint density at radius 3 is 2.12 bits per heavy atom. The molecule has 0 heterocycles. The van der Waals surface area contributed by atoms with Crippen molar-refractivity contribution in [1.29, 1.82) is 0 Å². The second kappa shape index (κ2) is 8.97. The van der Waals surface area contributed by atoms with Crippen molar-refractivity contribution >= 4 is 30.9 Å². The Kier molecular flexibility index (Phi) is 6.25. The third-order valence-electron chi connectivity index (χ3n) is 5.35. The highest BCUT2D eigenvalue weighted by Crippen LogP contribution is 2.32. The molecular formula is C25H23NO5S2. The molecule has 6 nitrogen and oxygen atoms in total. The van der Waals surface area contributed by atoms with Crippen LogP contribution in [0.2, 0.25) is 0 Å². The molecule has 4 rings (SSSR count). The molecule has 0 spiro atoms. The summed E-state index contributed by atoms with van der Waals surface area (Å²) >= 11 is 0. The molecular weight excluding hydrogens is 458 g/mol. The van der Waals surface area contributed by atoms with Gasteiger partial charge in [0, 0.05) is 17.3 Å². The zero-order valence-electron chi connectivity index (χ0n) is 18.1. The van der Waals surface area contributed by atoms with Crippen molar-refractivity contribution in [2.24, 2.45) is 0 Å². The van der Waals surface area contributed by atoms with Gasteiger partial charge in [-0.2, -0.15) is 8.42 Å². The van der Waals surface area contributed by atoms with Crippen LogP contribution in [-0.2, 0) is 26.7 Å². The van der Waals surface area contributed by atoms with E-state index in [1.807, 2.05) is 38.1 Å². The number of sulfonamides is 1. The lowest BCUT2D eigenvalue weighted by Gasteiger charge is -2.13. The summed E-state index contributed by atoms with van der Waals surface area (Å²) in [4.78, 5) is 0.0699. The molecule has 1 N–H and O–H groups in total. The van der Waals surface area contributed by atoms with Crippen LogP contribution in [-0.4, -0.2) is 16.8 Å². The summed E-state index contributed by atoms with van der Waals surface area (Å²) in [7, 11) is -7.96. The van der Waals surface area contributed by atoms with E-state index in [-0.39, 0.29) is 22.1 Å². The van der Waals surface area contributed by atoms with E-state index in [0.717, 1.165) is 16.7 Å². The fourth-order valence-corrected chi connectivity index (χ4v) is 5.66. The Labute approximate surface area is 194 Å². The highest BCUT2D eigenvalue weighted by Gasteiger charge is 2.21. The molecule has 0 unspecified atom stereocenters. The largest absolute Gasteiger partial charge is 0.378 e. The lowest BCUT2D eigenvalue weighted by molar-refractivity contribution is 0.488. The van der Waals surface area contributed by atoms with Crippen molar-refractivity contribution in [3.05, 3.63) is 102 Å². The minimum Gasteiger partial charge on any atom is -0.378 e. The fraction of sp³-hybridized carbons (Fsp3) is 0.120. The molecule has 170 valence electrons. The summed E-state index contributed by atoms with van der Waals surface area (Å²) in [6.45, 7) is 3.92. The van der Waals surface area contributed by atoms with Crippen molar-refractivity contribution in [2.75, 3.05) is 0 Å². The monoisotopic (exact) mass is 481 g/mol. The van der Waals surface area contributed by atoms with Crippen LogP contribution in [0.15, 0.2) is 94.7 Å². The summed E-state index contributed by atoms with van der Waals surface area (Å²) in [5, 5.41) is 0.748. The van der Waals surface area contributed by atoms with Gasteiger partial charge in [0.2, 0.25) is 10.0 Å². The van der Waals surface area contributed by atoms with Crippen LogP contribution in [0.5, 0.6) is 5.75 Å². The molecule has 0 aliphatic heterocycles. The summed E-state index contributed by atoms with van der Waals surface area (Å²) in [5.41, 5.74) is 2.77. The van der Waals surface area contributed by atoms with Crippen LogP contribution in [0.1, 0.15) is 16.7 Å². The van der Waals surface area contributed by atoms with Gasteiger partial charge in [0.1, 0.15) is 4.90 Å². The quantitative estimate of drug-likeness (QED) is 0.387. The Morgan fingerprint density at radius 1 is 0.727 bits per heavy atom. The standard InChI is InChI=1S/C25H23NO5S2/c1-18-13-15-21(16-14-18)33(29,30)31-24-11-5-10-23-22(24)9-6-12-25(23)32(27,28)26-17-20-8-4-3-7-19(20)2/h3-16,26H,17H2,1-2H3. The Morgan fingerprint density at radius 2 is 1.39 bits per heavy atom. The first-order valence-corrected chi connectivity index (χ1v) is 13.1. The second-order valence-electron chi connectivity index (χ2n) is 7.71. The Hall–Kier alpha value is -3.20. The van der Waals surface area contributed by atoms with E-state index >= 15 is 0 Å². The molecule has 0 bridgehead atoms. The van der Waals surface area contributed by atoms with Crippen LogP contribution >= 0.6 is 0 Å². The first kappa shape index (κ1) is 23.0. The van der Waals surface area contributed by atoms with Gasteiger partial charge in [-0.15, -0.1) is 0 Å². The highest BCUT2D eigenvalue weighted by atomic mass is 32.2. The molecule has 4 aromatic carbocycles. The maximum atomic E-state index is 13.1. The predicted molar refractivity (Wildman–Crippen MR) is 128 cm³/mol. The lowest BCUT2D eigenvalue weighted by Crippen LogP contribution is -2.23. The molecule has 0 aliphatic carbocycles. The first-order valence-electron chi connectivity index (χ1n) is 10.2. The van der Waals surface area contributed by atoms with E-state index in [1.54, 1.807) is 36.4 Å². The average molecular weight is 482 g/mol. The number of rotatable bonds is 7. The molecule has 0 fully saturated rings. The molecule has 0 aromatic heterocycles. The van der Waals surface area contributed by atoms with Crippen LogP contribution in [0.4, 0.5) is 0 Å². The highest BCUT2D eigenvalue weighted by molar-refractivity contribution is 7.89. The maximum Gasteiger partial charge on any atom is 0.339 e. The molecule has 0 saturated heterocycles. The van der Waals surface area contributed by atoms with E-state index in [2.05, 4.69) is 4.72 Å². The van der Waals surface area contributed by atoms with Crippen LogP contribution in [0, 0.1) is 13.8 Å². The zero-order chi connectivity index (χ0) is 23.6. The van der Waals surface area contributed by atoms with Gasteiger partial charge >= 0.3 is 10.1 Å². The molecule has 0 atom stereocenters. The SMILES string of the molecule is Cc1ccc(S(=O)(=O)Oc2cccc3c(S(=O)(=O)NCc4ccccc4C)cccc23)cc1. The van der Waals surface area contributed by atoms with E-state index in [4.69, 9.17) is 4.18 Å². The van der Waals surface area contributed by atoms with Crippen LogP contribution < -0.4 is 8.91 Å². The van der Waals surface area contributed by atoms with Gasteiger partial charge in [0.15, 0.2) is 5.75 Å². The van der Waals surface area contributed by atoms with E-state index in [1.165, 1.54) is 24.3 Å². The second-order valence-corrected chi connectivity index (χ2v) is 11.0. The summed E-state index contributed by atoms with van der Waals surface area (Å²) in [6, 6.07) is 23.2. The number of hydrogen-bond donors (Lipinski definition) is 1. The molecule has 4 aromatic rings. The van der Waals surface area contributed by atoms with Gasteiger partial charge in [0.05, 0.1) is 4.90 Å². The first-order chi connectivity index (χ1) is 15.7. The molecule has 0 radical (unpaired) electrons. The molecule has 0 aliphatic rings. The molecule has 0 amide bonds. The number of hydrogen-bond acceptors (Lipinski definition) is 5. The van der Waals surface area contributed by atoms with Gasteiger partial charge in [-0.3, -0.25) is 0 Å². The number of benzene rings is 4. The van der Waals surface area contributed by atoms with E-state index < -0.39 is 20.1 Å². The number of aryl methyl sites for hydroxylation is 2. The maximum absolute atomic E-state index is 13.1. The molecule has 0 saturated carbocycles. The predicted octanol–water partition coefficient (Wildman–Crippen LogP) is 4.70. The van der Waals surface area contributed by atoms with Gasteiger partial charge in [0.25, 0.3) is 0 Å². The van der Waals surface area contributed by atoms with Crippen molar-refractivity contribution in [3.8, 4) is 5.75 Å². The topological polar surface area (TPSA) is 89.5 Å². The van der Waals surface area contributed by atoms with Crippen LogP contribution in [0.3, 0.4) is 0 Å². The minimum atomic E-state index is -4.09. The van der Waals surface area contributed by atoms with E-state index in [9.17, 15) is 16.8 Å². The summed E-state index contributed by atoms with van der Waals surface area (Å²) in [6.07, 6.45) is 0. The van der Waals surface area contributed by atoms with Crippen molar-refractivity contribution in [3.63, 3.8) is 0 Å². The van der Waals surface area contributed by atoms with Gasteiger partial charge in [-0.1, -0.05) is 66.2 Å². The van der Waals surface area contributed by atoms with E-state index in [0.29, 0.717) is 10.8 Å². The third kappa shape index (κ3) is 4.93.